The second-order valence-electron chi connectivity index (χ2n) is 6.47. The third kappa shape index (κ3) is 3.99. The first-order valence-electron chi connectivity index (χ1n) is 8.64. The van der Waals surface area contributed by atoms with E-state index < -0.39 is 17.9 Å². The number of aromatic nitrogens is 4. The van der Waals surface area contributed by atoms with Gasteiger partial charge in [-0.3, -0.25) is 9.48 Å². The van der Waals surface area contributed by atoms with E-state index in [1.807, 2.05) is 36.7 Å². The third-order valence-corrected chi connectivity index (χ3v) is 5.59. The highest BCUT2D eigenvalue weighted by molar-refractivity contribution is 9.10. The van der Waals surface area contributed by atoms with Gasteiger partial charge in [-0.15, -0.1) is 0 Å². The van der Waals surface area contributed by atoms with Crippen molar-refractivity contribution in [3.63, 3.8) is 0 Å². The first kappa shape index (κ1) is 19.8. The summed E-state index contributed by atoms with van der Waals surface area (Å²) < 4.78 is 4.07. The van der Waals surface area contributed by atoms with Crippen LogP contribution < -0.4 is 5.32 Å². The number of anilines is 1. The molecule has 2 N–H and O–H groups in total. The van der Waals surface area contributed by atoms with Gasteiger partial charge in [0.15, 0.2) is 0 Å². The number of carbonyl (C=O) groups excluding carboxylic acids is 1. The molecule has 1 unspecified atom stereocenters. The van der Waals surface area contributed by atoms with E-state index in [2.05, 4.69) is 31.4 Å². The number of nitrogens with one attached hydrogen (secondary N) is 1. The molecule has 28 heavy (non-hydrogen) atoms. The van der Waals surface area contributed by atoms with E-state index in [1.165, 1.54) is 23.9 Å². The van der Waals surface area contributed by atoms with Crippen LogP contribution in [0.25, 0.3) is 0 Å². The van der Waals surface area contributed by atoms with Gasteiger partial charge >= 0.3 is 5.97 Å². The number of hydrogen-bond acceptors (Lipinski definition) is 4. The highest BCUT2D eigenvalue weighted by atomic mass is 79.9. The summed E-state index contributed by atoms with van der Waals surface area (Å²) in [5, 5.41) is 20.4. The van der Waals surface area contributed by atoms with E-state index in [1.54, 1.807) is 6.07 Å². The lowest BCUT2D eigenvalue weighted by atomic mass is 10.2. The van der Waals surface area contributed by atoms with Gasteiger partial charge in [0.25, 0.3) is 5.91 Å². The van der Waals surface area contributed by atoms with Crippen molar-refractivity contribution in [2.24, 2.45) is 0 Å². The third-order valence-electron chi connectivity index (χ3n) is 4.44. The highest BCUT2D eigenvalue weighted by Crippen LogP contribution is 2.21. The first-order valence-corrected chi connectivity index (χ1v) is 9.43. The summed E-state index contributed by atoms with van der Waals surface area (Å²) in [5.41, 5.74) is 3.71. The summed E-state index contributed by atoms with van der Waals surface area (Å²) in [7, 11) is 0. The molecular formula is C19H20BrN5O3. The molecule has 1 aromatic carbocycles. The van der Waals surface area contributed by atoms with Crippen LogP contribution in [-0.4, -0.2) is 36.5 Å². The summed E-state index contributed by atoms with van der Waals surface area (Å²) in [4.78, 5) is 23.8. The smallest absolute Gasteiger partial charge is 0.328 e. The normalized spacial score (nSPS) is 12.0. The standard InChI is InChI=1S/C19H20BrN5O3/c1-11-17(20)12(2)24(23-11)10-14-5-4-6-15(9-14)22-18(26)16-7-8-21-25(16)13(3)19(27)28/h4-9,13H,10H2,1-3H3,(H,22,26)(H,27,28). The van der Waals surface area contributed by atoms with Gasteiger partial charge in [-0.25, -0.2) is 9.48 Å². The molecule has 0 aliphatic carbocycles. The summed E-state index contributed by atoms with van der Waals surface area (Å²) in [6.07, 6.45) is 1.41. The Hall–Kier alpha value is -2.94. The van der Waals surface area contributed by atoms with E-state index in [0.717, 1.165) is 21.4 Å². The Balaban J connectivity index is 1.78. The van der Waals surface area contributed by atoms with Crippen molar-refractivity contribution < 1.29 is 14.7 Å². The molecule has 0 saturated carbocycles. The Labute approximate surface area is 170 Å². The number of carboxylic acids is 1. The zero-order valence-corrected chi connectivity index (χ0v) is 17.3. The number of benzene rings is 1. The topological polar surface area (TPSA) is 102 Å². The molecule has 2 aromatic heterocycles. The van der Waals surface area contributed by atoms with Crippen LogP contribution in [0.3, 0.4) is 0 Å². The number of aliphatic carboxylic acids is 1. The van der Waals surface area contributed by atoms with E-state index in [-0.39, 0.29) is 5.69 Å². The van der Waals surface area contributed by atoms with Crippen LogP contribution >= 0.6 is 15.9 Å². The van der Waals surface area contributed by atoms with Gasteiger partial charge < -0.3 is 10.4 Å². The van der Waals surface area contributed by atoms with Crippen LogP contribution in [0.1, 0.15) is 40.4 Å². The number of amides is 1. The van der Waals surface area contributed by atoms with Crippen molar-refractivity contribution in [3.05, 3.63) is 63.6 Å². The molecular weight excluding hydrogens is 426 g/mol. The van der Waals surface area contributed by atoms with Gasteiger partial charge in [-0.05, 0) is 60.5 Å². The number of hydrogen-bond donors (Lipinski definition) is 2. The molecule has 9 heteroatoms. The molecule has 8 nitrogen and oxygen atoms in total. The zero-order chi connectivity index (χ0) is 20.4. The maximum Gasteiger partial charge on any atom is 0.328 e. The maximum absolute atomic E-state index is 12.6. The molecule has 0 radical (unpaired) electrons. The minimum Gasteiger partial charge on any atom is -0.480 e. The molecule has 1 amide bonds. The fraction of sp³-hybridized carbons (Fsp3) is 0.263. The fourth-order valence-electron chi connectivity index (χ4n) is 2.85. The van der Waals surface area contributed by atoms with Crippen molar-refractivity contribution in [1.82, 2.24) is 19.6 Å². The van der Waals surface area contributed by atoms with E-state index in [4.69, 9.17) is 5.11 Å². The number of aryl methyl sites for hydroxylation is 1. The summed E-state index contributed by atoms with van der Waals surface area (Å²) in [6, 6.07) is 8.00. The summed E-state index contributed by atoms with van der Waals surface area (Å²) in [6.45, 7) is 5.96. The highest BCUT2D eigenvalue weighted by Gasteiger charge is 2.21. The maximum atomic E-state index is 12.6. The van der Waals surface area contributed by atoms with Crippen LogP contribution in [0.5, 0.6) is 0 Å². The molecule has 3 rings (SSSR count). The summed E-state index contributed by atoms with van der Waals surface area (Å²) in [5.74, 6) is -1.48. The molecule has 0 saturated heterocycles. The van der Waals surface area contributed by atoms with Crippen LogP contribution in [0.2, 0.25) is 0 Å². The zero-order valence-electron chi connectivity index (χ0n) is 15.7. The quantitative estimate of drug-likeness (QED) is 0.605. The van der Waals surface area contributed by atoms with Gasteiger partial charge in [-0.2, -0.15) is 10.2 Å². The van der Waals surface area contributed by atoms with Crippen molar-refractivity contribution in [2.75, 3.05) is 5.32 Å². The minimum atomic E-state index is -1.06. The molecule has 0 bridgehead atoms. The monoisotopic (exact) mass is 445 g/mol. The Morgan fingerprint density at radius 3 is 2.68 bits per heavy atom. The average Bonchev–Trinajstić information content (AvgIpc) is 3.23. The van der Waals surface area contributed by atoms with Crippen molar-refractivity contribution in [3.8, 4) is 0 Å². The lowest BCUT2D eigenvalue weighted by molar-refractivity contribution is -0.140. The van der Waals surface area contributed by atoms with Crippen LogP contribution in [0.15, 0.2) is 41.0 Å². The molecule has 0 fully saturated rings. The number of carboxylic acid groups (broad SMARTS) is 1. The van der Waals surface area contributed by atoms with Gasteiger partial charge in [0.2, 0.25) is 0 Å². The van der Waals surface area contributed by atoms with E-state index in [0.29, 0.717) is 12.2 Å². The fourth-order valence-corrected chi connectivity index (χ4v) is 3.14. The molecule has 0 aliphatic rings. The minimum absolute atomic E-state index is 0.183. The lowest BCUT2D eigenvalue weighted by Gasteiger charge is -2.12. The second kappa shape index (κ2) is 7.97. The Bertz CT molecular complexity index is 1040. The second-order valence-corrected chi connectivity index (χ2v) is 7.27. The molecule has 3 aromatic rings. The number of rotatable bonds is 6. The largest absolute Gasteiger partial charge is 0.480 e. The van der Waals surface area contributed by atoms with Crippen LogP contribution in [-0.2, 0) is 11.3 Å². The van der Waals surface area contributed by atoms with E-state index in [9.17, 15) is 9.59 Å². The lowest BCUT2D eigenvalue weighted by Crippen LogP contribution is -2.24. The predicted octanol–water partition coefficient (Wildman–Crippen LogP) is 3.41. The molecule has 2 heterocycles. The first-order chi connectivity index (χ1) is 13.3. The number of nitrogens with zero attached hydrogens (tertiary/aromatic N) is 4. The van der Waals surface area contributed by atoms with Crippen molar-refractivity contribution >= 4 is 33.5 Å². The number of halogens is 1. The Morgan fingerprint density at radius 2 is 2.04 bits per heavy atom. The van der Waals surface area contributed by atoms with Crippen LogP contribution in [0, 0.1) is 13.8 Å². The molecule has 1 atom stereocenters. The number of carbonyl (C=O) groups is 2. The Kier molecular flexibility index (Phi) is 5.64. The van der Waals surface area contributed by atoms with Gasteiger partial charge in [0, 0.05) is 11.9 Å². The molecule has 146 valence electrons. The predicted molar refractivity (Wildman–Crippen MR) is 107 cm³/mol. The van der Waals surface area contributed by atoms with Crippen LogP contribution in [0.4, 0.5) is 5.69 Å². The van der Waals surface area contributed by atoms with Gasteiger partial charge in [0.05, 0.1) is 22.4 Å². The molecule has 0 spiro atoms. The van der Waals surface area contributed by atoms with Gasteiger partial charge in [-0.1, -0.05) is 12.1 Å². The van der Waals surface area contributed by atoms with Crippen molar-refractivity contribution in [1.29, 1.82) is 0 Å². The van der Waals surface area contributed by atoms with Crippen molar-refractivity contribution in [2.45, 2.75) is 33.4 Å². The summed E-state index contributed by atoms with van der Waals surface area (Å²) >= 11 is 3.52. The average molecular weight is 446 g/mol. The van der Waals surface area contributed by atoms with Gasteiger partial charge in [0.1, 0.15) is 11.7 Å². The molecule has 0 aliphatic heterocycles. The van der Waals surface area contributed by atoms with E-state index >= 15 is 0 Å². The Morgan fingerprint density at radius 1 is 1.29 bits per heavy atom. The SMILES string of the molecule is Cc1nn(Cc2cccc(NC(=O)c3ccnn3C(C)C(=O)O)c2)c(C)c1Br.